The number of rotatable bonds is 6. The monoisotopic (exact) mass is 309 g/mol. The van der Waals surface area contributed by atoms with E-state index in [-0.39, 0.29) is 5.91 Å². The maximum atomic E-state index is 10.9. The highest BCUT2D eigenvalue weighted by atomic mass is 35.5. The first kappa shape index (κ1) is 16.3. The number of hydrogen-bond donors (Lipinski definition) is 2. The summed E-state index contributed by atoms with van der Waals surface area (Å²) in [5, 5.41) is 4.50. The van der Waals surface area contributed by atoms with Crippen LogP contribution >= 0.6 is 11.6 Å². The lowest BCUT2D eigenvalue weighted by atomic mass is 9.99. The van der Waals surface area contributed by atoms with Gasteiger partial charge in [0.1, 0.15) is 0 Å². The lowest BCUT2D eigenvalue weighted by molar-refractivity contribution is -0.119. The van der Waals surface area contributed by atoms with Gasteiger partial charge >= 0.3 is 0 Å². The molecule has 0 aliphatic carbocycles. The molecule has 1 atom stereocenters. The molecule has 1 aliphatic heterocycles. The largest absolute Gasteiger partial charge is 0.369 e. The van der Waals surface area contributed by atoms with Gasteiger partial charge in [0.2, 0.25) is 5.91 Å². The zero-order chi connectivity index (χ0) is 15.2. The number of hydrogen-bond acceptors (Lipinski definition) is 3. The molecule has 3 N–H and O–H groups in total. The van der Waals surface area contributed by atoms with Gasteiger partial charge in [-0.2, -0.15) is 0 Å². The van der Waals surface area contributed by atoms with Crippen molar-refractivity contribution >= 4 is 17.5 Å². The van der Waals surface area contributed by atoms with Crippen LogP contribution in [-0.2, 0) is 4.79 Å². The predicted molar refractivity (Wildman–Crippen MR) is 86.3 cm³/mol. The van der Waals surface area contributed by atoms with Crippen LogP contribution in [0, 0.1) is 0 Å². The van der Waals surface area contributed by atoms with E-state index in [0.29, 0.717) is 18.6 Å². The first-order valence-electron chi connectivity index (χ1n) is 7.60. The minimum absolute atomic E-state index is 0.244. The van der Waals surface area contributed by atoms with Crippen LogP contribution in [0.4, 0.5) is 0 Å². The minimum Gasteiger partial charge on any atom is -0.369 e. The Morgan fingerprint density at radius 1 is 1.48 bits per heavy atom. The van der Waals surface area contributed by atoms with Crippen LogP contribution in [0.25, 0.3) is 0 Å². The van der Waals surface area contributed by atoms with Gasteiger partial charge in [-0.05, 0) is 37.0 Å². The highest BCUT2D eigenvalue weighted by Gasteiger charge is 2.22. The molecule has 0 saturated carbocycles. The summed E-state index contributed by atoms with van der Waals surface area (Å²) < 4.78 is 0. The van der Waals surface area contributed by atoms with Crippen molar-refractivity contribution in [2.75, 3.05) is 19.6 Å². The van der Waals surface area contributed by atoms with Crippen LogP contribution in [0.1, 0.15) is 37.8 Å². The fourth-order valence-electron chi connectivity index (χ4n) is 2.94. The summed E-state index contributed by atoms with van der Waals surface area (Å²) in [6, 6.07) is 8.87. The molecule has 21 heavy (non-hydrogen) atoms. The standard InChI is InChI=1S/C16H24ClN3O/c1-2-15(12-4-3-5-13(17)10-12)19-14-6-8-20(9-7-14)11-16(18)21/h3-5,10,14-15,19H,2,6-9,11H2,1H3,(H2,18,21). The summed E-state index contributed by atoms with van der Waals surface area (Å²) in [6.45, 7) is 4.40. The van der Waals surface area contributed by atoms with E-state index in [2.05, 4.69) is 23.2 Å². The van der Waals surface area contributed by atoms with Gasteiger partial charge in [0.15, 0.2) is 0 Å². The number of amides is 1. The van der Waals surface area contributed by atoms with Crippen molar-refractivity contribution in [3.05, 3.63) is 34.9 Å². The first-order chi connectivity index (χ1) is 10.1. The molecule has 1 aliphatic rings. The molecule has 0 bridgehead atoms. The molecular formula is C16H24ClN3O. The third kappa shape index (κ3) is 4.99. The molecule has 116 valence electrons. The molecule has 1 aromatic rings. The van der Waals surface area contributed by atoms with Crippen molar-refractivity contribution in [3.8, 4) is 0 Å². The Morgan fingerprint density at radius 3 is 2.76 bits per heavy atom. The van der Waals surface area contributed by atoms with Crippen molar-refractivity contribution in [3.63, 3.8) is 0 Å². The molecule has 5 heteroatoms. The van der Waals surface area contributed by atoms with Crippen LogP contribution in [0.5, 0.6) is 0 Å². The van der Waals surface area contributed by atoms with E-state index < -0.39 is 0 Å². The fourth-order valence-corrected chi connectivity index (χ4v) is 3.13. The van der Waals surface area contributed by atoms with Gasteiger partial charge in [0, 0.05) is 30.2 Å². The third-order valence-electron chi connectivity index (χ3n) is 4.06. The number of nitrogens with one attached hydrogen (secondary N) is 1. The Labute approximate surface area is 131 Å². The normalized spacial score (nSPS) is 18.6. The topological polar surface area (TPSA) is 58.4 Å². The Kier molecular flexibility index (Phi) is 6.03. The fraction of sp³-hybridized carbons (Fsp3) is 0.562. The van der Waals surface area contributed by atoms with Crippen molar-refractivity contribution in [1.29, 1.82) is 0 Å². The van der Waals surface area contributed by atoms with E-state index in [4.69, 9.17) is 17.3 Å². The van der Waals surface area contributed by atoms with Gasteiger partial charge in [0.05, 0.1) is 6.54 Å². The number of carbonyl (C=O) groups excluding carboxylic acids is 1. The Balaban J connectivity index is 1.87. The molecule has 0 aromatic heterocycles. The second-order valence-corrected chi connectivity index (χ2v) is 6.14. The number of piperidine rings is 1. The van der Waals surface area contributed by atoms with E-state index >= 15 is 0 Å². The summed E-state index contributed by atoms with van der Waals surface area (Å²) in [4.78, 5) is 13.1. The van der Waals surface area contributed by atoms with E-state index in [0.717, 1.165) is 37.4 Å². The molecule has 1 fully saturated rings. The summed E-state index contributed by atoms with van der Waals surface area (Å²) >= 11 is 6.08. The van der Waals surface area contributed by atoms with Gasteiger partial charge in [-0.3, -0.25) is 9.69 Å². The first-order valence-corrected chi connectivity index (χ1v) is 7.98. The van der Waals surface area contributed by atoms with E-state index in [1.807, 2.05) is 18.2 Å². The average Bonchev–Trinajstić information content (AvgIpc) is 2.46. The summed E-state index contributed by atoms with van der Waals surface area (Å²) in [7, 11) is 0. The zero-order valence-corrected chi connectivity index (χ0v) is 13.3. The predicted octanol–water partition coefficient (Wildman–Crippen LogP) is 2.33. The number of likely N-dealkylation sites (tertiary alicyclic amines) is 1. The Bertz CT molecular complexity index is 472. The molecule has 1 amide bonds. The maximum absolute atomic E-state index is 10.9. The summed E-state index contributed by atoms with van der Waals surface area (Å²) in [5.74, 6) is -0.244. The molecule has 1 aromatic carbocycles. The number of benzene rings is 1. The van der Waals surface area contributed by atoms with Gasteiger partial charge in [-0.25, -0.2) is 0 Å². The average molecular weight is 310 g/mol. The number of halogens is 1. The van der Waals surface area contributed by atoms with Crippen molar-refractivity contribution in [2.24, 2.45) is 5.73 Å². The van der Waals surface area contributed by atoms with E-state index in [9.17, 15) is 4.79 Å². The van der Waals surface area contributed by atoms with Crippen molar-refractivity contribution < 1.29 is 4.79 Å². The molecule has 1 heterocycles. The zero-order valence-electron chi connectivity index (χ0n) is 12.5. The summed E-state index contributed by atoms with van der Waals surface area (Å²) in [5.41, 5.74) is 6.48. The SMILES string of the molecule is CCC(NC1CCN(CC(N)=O)CC1)c1cccc(Cl)c1. The van der Waals surface area contributed by atoms with Crippen molar-refractivity contribution in [2.45, 2.75) is 38.3 Å². The third-order valence-corrected chi connectivity index (χ3v) is 4.30. The molecule has 4 nitrogen and oxygen atoms in total. The van der Waals surface area contributed by atoms with Crippen LogP contribution in [0.15, 0.2) is 24.3 Å². The number of nitrogens with zero attached hydrogens (tertiary/aromatic N) is 1. The Morgan fingerprint density at radius 2 is 2.19 bits per heavy atom. The van der Waals surface area contributed by atoms with Crippen LogP contribution in [0.3, 0.4) is 0 Å². The second kappa shape index (κ2) is 7.78. The summed E-state index contributed by atoms with van der Waals surface area (Å²) in [6.07, 6.45) is 3.12. The quantitative estimate of drug-likeness (QED) is 0.848. The Hall–Kier alpha value is -1.10. The second-order valence-electron chi connectivity index (χ2n) is 5.70. The van der Waals surface area contributed by atoms with Crippen LogP contribution in [0.2, 0.25) is 5.02 Å². The number of carbonyl (C=O) groups is 1. The van der Waals surface area contributed by atoms with E-state index in [1.54, 1.807) is 0 Å². The van der Waals surface area contributed by atoms with Crippen LogP contribution in [-0.4, -0.2) is 36.5 Å². The highest BCUT2D eigenvalue weighted by molar-refractivity contribution is 6.30. The molecular weight excluding hydrogens is 286 g/mol. The molecule has 0 radical (unpaired) electrons. The highest BCUT2D eigenvalue weighted by Crippen LogP contribution is 2.22. The maximum Gasteiger partial charge on any atom is 0.231 e. The van der Waals surface area contributed by atoms with Gasteiger partial charge in [-0.15, -0.1) is 0 Å². The lowest BCUT2D eigenvalue weighted by Gasteiger charge is -2.34. The number of primary amides is 1. The van der Waals surface area contributed by atoms with Gasteiger partial charge in [-0.1, -0.05) is 30.7 Å². The number of nitrogens with two attached hydrogens (primary N) is 1. The molecule has 0 spiro atoms. The minimum atomic E-state index is -0.244. The lowest BCUT2D eigenvalue weighted by Crippen LogP contribution is -2.46. The molecule has 1 unspecified atom stereocenters. The van der Waals surface area contributed by atoms with Gasteiger partial charge in [0.25, 0.3) is 0 Å². The van der Waals surface area contributed by atoms with Crippen molar-refractivity contribution in [1.82, 2.24) is 10.2 Å². The van der Waals surface area contributed by atoms with E-state index in [1.165, 1.54) is 5.56 Å². The van der Waals surface area contributed by atoms with Gasteiger partial charge < -0.3 is 11.1 Å². The van der Waals surface area contributed by atoms with Crippen LogP contribution < -0.4 is 11.1 Å². The smallest absolute Gasteiger partial charge is 0.231 e. The molecule has 2 rings (SSSR count). The molecule has 1 saturated heterocycles.